The van der Waals surface area contributed by atoms with Gasteiger partial charge in [-0.05, 0) is 59.7 Å². The summed E-state index contributed by atoms with van der Waals surface area (Å²) in [5, 5.41) is 6.00. The lowest BCUT2D eigenvalue weighted by atomic mass is 9.98. The first kappa shape index (κ1) is 28.4. The van der Waals surface area contributed by atoms with Crippen LogP contribution in [0, 0.1) is 11.6 Å². The van der Waals surface area contributed by atoms with Gasteiger partial charge in [0.2, 0.25) is 0 Å². The minimum Gasteiger partial charge on any atom is -0.497 e. The molecule has 214 valence electrons. The Hall–Kier alpha value is -4.15. The van der Waals surface area contributed by atoms with Gasteiger partial charge in [0.05, 0.1) is 32.1 Å². The van der Waals surface area contributed by atoms with Crippen LogP contribution >= 0.6 is 0 Å². The molecule has 3 aromatic rings. The number of hydrogen-bond donors (Lipinski definition) is 0. The Bertz CT molecular complexity index is 1370. The molecule has 0 saturated carbocycles. The first-order valence-corrected chi connectivity index (χ1v) is 13.6. The summed E-state index contributed by atoms with van der Waals surface area (Å²) in [4.78, 5) is 31.2. The van der Waals surface area contributed by atoms with Gasteiger partial charge in [0.1, 0.15) is 23.9 Å². The van der Waals surface area contributed by atoms with E-state index >= 15 is 0 Å². The maximum atomic E-state index is 13.9. The van der Waals surface area contributed by atoms with E-state index in [4.69, 9.17) is 9.47 Å². The van der Waals surface area contributed by atoms with Gasteiger partial charge in [-0.3, -0.25) is 14.5 Å². The molecule has 0 aromatic heterocycles. The fourth-order valence-corrected chi connectivity index (χ4v) is 4.99. The molecule has 0 aliphatic carbocycles. The number of hydrogen-bond acceptors (Lipinski definition) is 6. The molecule has 0 radical (unpaired) electrons. The summed E-state index contributed by atoms with van der Waals surface area (Å²) in [6, 6.07) is 18.1. The van der Waals surface area contributed by atoms with Crippen LogP contribution in [0.4, 0.5) is 8.78 Å². The average Bonchev–Trinajstić information content (AvgIpc) is 3.46. The molecule has 8 nitrogen and oxygen atoms in total. The lowest BCUT2D eigenvalue weighted by molar-refractivity contribution is -0.133. The molecule has 41 heavy (non-hydrogen) atoms. The predicted molar refractivity (Wildman–Crippen MR) is 150 cm³/mol. The summed E-state index contributed by atoms with van der Waals surface area (Å²) in [6.45, 7) is 3.47. The Morgan fingerprint density at radius 3 is 2.22 bits per heavy atom. The normalized spacial score (nSPS) is 17.3. The van der Waals surface area contributed by atoms with Crippen LogP contribution in [0.2, 0.25) is 0 Å². The molecule has 2 aliphatic rings. The topological polar surface area (TPSA) is 74.7 Å². The van der Waals surface area contributed by atoms with Gasteiger partial charge in [0.25, 0.3) is 11.8 Å². The standard InChI is InChI=1S/C31H32F2N4O4/c1-40-27-12-6-24(7-13-27)31(39)36(15-14-35-16-18-41-19-17-35)21-30(38)37-29(23-4-10-26(33)11-5-23)20-28(34-37)22-2-8-25(32)9-3-22/h2-13,29H,14-21H2,1H3/t29-/m0/s1. The zero-order chi connectivity index (χ0) is 28.8. The van der Waals surface area contributed by atoms with Gasteiger partial charge in [0.15, 0.2) is 0 Å². The van der Waals surface area contributed by atoms with Crippen molar-refractivity contribution in [3.8, 4) is 5.75 Å². The first-order valence-electron chi connectivity index (χ1n) is 13.6. The van der Waals surface area contributed by atoms with Crippen LogP contribution in [0.3, 0.4) is 0 Å². The van der Waals surface area contributed by atoms with Gasteiger partial charge < -0.3 is 14.4 Å². The number of ether oxygens (including phenoxy) is 2. The molecule has 1 fully saturated rings. The van der Waals surface area contributed by atoms with E-state index < -0.39 is 6.04 Å². The number of rotatable bonds is 9. The van der Waals surface area contributed by atoms with Gasteiger partial charge in [-0.1, -0.05) is 24.3 Å². The van der Waals surface area contributed by atoms with Crippen molar-refractivity contribution in [2.24, 2.45) is 5.10 Å². The van der Waals surface area contributed by atoms with Crippen LogP contribution in [-0.4, -0.2) is 85.4 Å². The third-order valence-electron chi connectivity index (χ3n) is 7.34. The quantitative estimate of drug-likeness (QED) is 0.392. The molecule has 2 amide bonds. The second kappa shape index (κ2) is 13.0. The van der Waals surface area contributed by atoms with E-state index in [9.17, 15) is 18.4 Å². The van der Waals surface area contributed by atoms with Gasteiger partial charge in [0, 0.05) is 38.2 Å². The molecule has 2 heterocycles. The van der Waals surface area contributed by atoms with Crippen molar-refractivity contribution in [1.29, 1.82) is 0 Å². The zero-order valence-corrected chi connectivity index (χ0v) is 22.8. The number of carbonyl (C=O) groups excluding carboxylic acids is 2. The highest BCUT2D eigenvalue weighted by atomic mass is 19.1. The van der Waals surface area contributed by atoms with Crippen molar-refractivity contribution in [2.75, 3.05) is 53.0 Å². The first-order chi connectivity index (χ1) is 19.9. The SMILES string of the molecule is COc1ccc(C(=O)N(CCN2CCOCC2)CC(=O)N2N=C(c3ccc(F)cc3)C[C@H]2c2ccc(F)cc2)cc1. The van der Waals surface area contributed by atoms with Crippen LogP contribution in [0.15, 0.2) is 77.9 Å². The smallest absolute Gasteiger partial charge is 0.262 e. The molecule has 2 aliphatic heterocycles. The van der Waals surface area contributed by atoms with Crippen molar-refractivity contribution in [3.63, 3.8) is 0 Å². The molecular weight excluding hydrogens is 530 g/mol. The van der Waals surface area contributed by atoms with Crippen LogP contribution in [0.25, 0.3) is 0 Å². The molecule has 0 bridgehead atoms. The number of amides is 2. The van der Waals surface area contributed by atoms with Gasteiger partial charge in [-0.2, -0.15) is 5.10 Å². The lowest BCUT2D eigenvalue weighted by Gasteiger charge is -2.31. The molecule has 0 N–H and O–H groups in total. The van der Waals surface area contributed by atoms with Crippen LogP contribution < -0.4 is 4.74 Å². The summed E-state index contributed by atoms with van der Waals surface area (Å²) in [7, 11) is 1.55. The van der Waals surface area contributed by atoms with Crippen molar-refractivity contribution in [1.82, 2.24) is 14.8 Å². The summed E-state index contributed by atoms with van der Waals surface area (Å²) >= 11 is 0. The summed E-state index contributed by atoms with van der Waals surface area (Å²) in [6.07, 6.45) is 0.364. The van der Waals surface area contributed by atoms with E-state index in [1.165, 1.54) is 34.2 Å². The van der Waals surface area contributed by atoms with E-state index in [0.29, 0.717) is 60.9 Å². The number of benzene rings is 3. The summed E-state index contributed by atoms with van der Waals surface area (Å²) < 4.78 is 37.9. The predicted octanol–water partition coefficient (Wildman–Crippen LogP) is 4.13. The molecule has 0 spiro atoms. The molecule has 5 rings (SSSR count). The van der Waals surface area contributed by atoms with Gasteiger partial charge in [-0.25, -0.2) is 13.8 Å². The third kappa shape index (κ3) is 6.96. The monoisotopic (exact) mass is 562 g/mol. The third-order valence-corrected chi connectivity index (χ3v) is 7.34. The molecule has 3 aromatic carbocycles. The minimum atomic E-state index is -0.500. The zero-order valence-electron chi connectivity index (χ0n) is 22.8. The Morgan fingerprint density at radius 2 is 1.59 bits per heavy atom. The van der Waals surface area contributed by atoms with Crippen LogP contribution in [-0.2, 0) is 9.53 Å². The largest absolute Gasteiger partial charge is 0.497 e. The van der Waals surface area contributed by atoms with Crippen molar-refractivity contribution in [3.05, 3.63) is 101 Å². The van der Waals surface area contributed by atoms with E-state index in [0.717, 1.165) is 13.1 Å². The Balaban J connectivity index is 1.40. The molecule has 0 unspecified atom stereocenters. The highest BCUT2D eigenvalue weighted by Gasteiger charge is 2.34. The van der Waals surface area contributed by atoms with Gasteiger partial charge in [-0.15, -0.1) is 0 Å². The highest BCUT2D eigenvalue weighted by Crippen LogP contribution is 2.33. The van der Waals surface area contributed by atoms with Crippen LogP contribution in [0.1, 0.15) is 33.9 Å². The number of methoxy groups -OCH3 is 1. The van der Waals surface area contributed by atoms with Crippen molar-refractivity contribution in [2.45, 2.75) is 12.5 Å². The van der Waals surface area contributed by atoms with E-state index in [2.05, 4.69) is 10.0 Å². The molecule has 1 atom stereocenters. The molecule has 1 saturated heterocycles. The maximum absolute atomic E-state index is 13.9. The van der Waals surface area contributed by atoms with Gasteiger partial charge >= 0.3 is 0 Å². The second-order valence-electron chi connectivity index (χ2n) is 9.97. The summed E-state index contributed by atoms with van der Waals surface area (Å²) in [5.41, 5.74) is 2.44. The Morgan fingerprint density at radius 1 is 0.951 bits per heavy atom. The van der Waals surface area contributed by atoms with Crippen molar-refractivity contribution < 1.29 is 27.8 Å². The number of morpholine rings is 1. The average molecular weight is 563 g/mol. The fraction of sp³-hybridized carbons (Fsp3) is 0.323. The molecule has 10 heteroatoms. The van der Waals surface area contributed by atoms with E-state index in [-0.39, 0.29) is 30.0 Å². The number of hydrazone groups is 1. The summed E-state index contributed by atoms with van der Waals surface area (Å²) in [5.74, 6) is -0.791. The number of halogens is 2. The highest BCUT2D eigenvalue weighted by molar-refractivity contribution is 6.03. The van der Waals surface area contributed by atoms with Crippen molar-refractivity contribution >= 4 is 17.5 Å². The van der Waals surface area contributed by atoms with Crippen LogP contribution in [0.5, 0.6) is 5.75 Å². The fourth-order valence-electron chi connectivity index (χ4n) is 4.99. The number of nitrogens with zero attached hydrogens (tertiary/aromatic N) is 4. The Labute approximate surface area is 237 Å². The van der Waals surface area contributed by atoms with E-state index in [1.54, 1.807) is 55.6 Å². The Kier molecular flexibility index (Phi) is 9.01. The maximum Gasteiger partial charge on any atom is 0.262 e. The lowest BCUT2D eigenvalue weighted by Crippen LogP contribution is -2.46. The van der Waals surface area contributed by atoms with E-state index in [1.807, 2.05) is 0 Å². The number of carbonyl (C=O) groups is 2. The minimum absolute atomic E-state index is 0.201. The second-order valence-corrected chi connectivity index (χ2v) is 9.97. The molecular formula is C31H32F2N4O4.